The number of benzene rings is 1. The third-order valence-electron chi connectivity index (χ3n) is 2.85. The molecule has 0 aliphatic carbocycles. The Morgan fingerprint density at radius 3 is 2.33 bits per heavy atom. The van der Waals surface area contributed by atoms with E-state index in [0.29, 0.717) is 0 Å². The van der Waals surface area contributed by atoms with Crippen molar-refractivity contribution in [3.8, 4) is 0 Å². The minimum atomic E-state index is -3.96. The van der Waals surface area contributed by atoms with Crippen LogP contribution in [0.4, 0.5) is 0 Å². The van der Waals surface area contributed by atoms with Crippen LogP contribution in [0.2, 0.25) is 5.02 Å². The lowest BCUT2D eigenvalue weighted by Crippen LogP contribution is -2.25. The van der Waals surface area contributed by atoms with Crippen molar-refractivity contribution in [1.29, 1.82) is 0 Å². The molecule has 0 aromatic heterocycles. The average Bonchev–Trinajstić information content (AvgIpc) is 2.50. The summed E-state index contributed by atoms with van der Waals surface area (Å²) in [6, 6.07) is 2.31. The van der Waals surface area contributed by atoms with Crippen LogP contribution in [0.5, 0.6) is 0 Å². The van der Waals surface area contributed by atoms with E-state index in [1.165, 1.54) is 25.3 Å². The van der Waals surface area contributed by atoms with Crippen molar-refractivity contribution < 1.29 is 16.8 Å². The molecule has 0 unspecified atom stereocenters. The topological polar surface area (TPSA) is 92.3 Å². The molecule has 0 bridgehead atoms. The average molecular weight is 391 g/mol. The Bertz CT molecular complexity index is 909. The molecule has 24 heavy (non-hydrogen) atoms. The molecular weight excluding hydrogens is 372 g/mol. The van der Waals surface area contributed by atoms with Crippen LogP contribution in [-0.4, -0.2) is 30.4 Å². The Kier molecular flexibility index (Phi) is 6.97. The monoisotopic (exact) mass is 390 g/mol. The Morgan fingerprint density at radius 2 is 1.83 bits per heavy atom. The summed E-state index contributed by atoms with van der Waals surface area (Å²) in [7, 11) is -6.66. The number of hydrogen-bond acceptors (Lipinski definition) is 4. The normalized spacial score (nSPS) is 11.7. The Hall–Kier alpha value is -1.41. The van der Waals surface area contributed by atoms with E-state index >= 15 is 0 Å². The minimum absolute atomic E-state index is 0.00483. The summed E-state index contributed by atoms with van der Waals surface area (Å²) in [5.74, 6) is 0. The molecule has 0 aliphatic rings. The van der Waals surface area contributed by atoms with Gasteiger partial charge < -0.3 is 0 Å². The van der Waals surface area contributed by atoms with Gasteiger partial charge in [-0.25, -0.2) is 26.3 Å². The first-order valence-corrected chi connectivity index (χ1v) is 10.2. The summed E-state index contributed by atoms with van der Waals surface area (Å²) >= 11 is 6.03. The molecule has 0 heterocycles. The van der Waals surface area contributed by atoms with Gasteiger partial charge in [0.2, 0.25) is 20.0 Å². The van der Waals surface area contributed by atoms with Gasteiger partial charge in [-0.2, -0.15) is 0 Å². The molecule has 0 fully saturated rings. The first-order valence-electron chi connectivity index (χ1n) is 6.82. The molecule has 0 saturated carbocycles. The number of allylic oxidation sites excluding steroid dienone is 1. The van der Waals surface area contributed by atoms with E-state index in [0.717, 1.165) is 11.6 Å². The molecule has 1 aromatic rings. The molecule has 1 rings (SSSR count). The van der Waals surface area contributed by atoms with Gasteiger partial charge in [-0.15, -0.1) is 12.3 Å². The Labute approximate surface area is 148 Å². The van der Waals surface area contributed by atoms with Crippen LogP contribution in [0.15, 0.2) is 45.9 Å². The molecular formula is C15H19ClN2O4S2. The molecule has 0 spiro atoms. The maximum Gasteiger partial charge on any atom is 0.241 e. The molecule has 9 heteroatoms. The molecule has 0 radical (unpaired) electrons. The zero-order chi connectivity index (χ0) is 18.5. The lowest BCUT2D eigenvalue weighted by atomic mass is 10.2. The molecule has 132 valence electrons. The van der Waals surface area contributed by atoms with Gasteiger partial charge in [-0.05, 0) is 44.7 Å². The smallest absolute Gasteiger partial charge is 0.214 e. The maximum atomic E-state index is 12.5. The molecule has 0 amide bonds. The van der Waals surface area contributed by atoms with E-state index < -0.39 is 20.0 Å². The van der Waals surface area contributed by atoms with Gasteiger partial charge in [0.05, 0.1) is 9.92 Å². The summed E-state index contributed by atoms with van der Waals surface area (Å²) in [5.41, 5.74) is 3.93. The standard InChI is InChI=1S/C15H19ClN2O4S2/c1-5-8-18-24(21,22)14-10-15(23(19,20)17-4)13(16)9-12(14)7-6-11(2)3/h5,7,9-10,17-18H,1,8H2,2-4H3. The molecule has 0 atom stereocenters. The number of rotatable bonds is 7. The lowest BCUT2D eigenvalue weighted by molar-refractivity contribution is 0.584. The third-order valence-corrected chi connectivity index (χ3v) is 6.20. The minimum Gasteiger partial charge on any atom is -0.214 e. The highest BCUT2D eigenvalue weighted by Gasteiger charge is 2.24. The fourth-order valence-corrected chi connectivity index (χ4v) is 4.23. The zero-order valence-corrected chi connectivity index (χ0v) is 15.9. The van der Waals surface area contributed by atoms with E-state index in [-0.39, 0.29) is 26.9 Å². The summed E-state index contributed by atoms with van der Waals surface area (Å²) < 4.78 is 53.4. The van der Waals surface area contributed by atoms with Crippen LogP contribution in [0.3, 0.4) is 0 Å². The van der Waals surface area contributed by atoms with Gasteiger partial charge in [0.15, 0.2) is 0 Å². The third kappa shape index (κ3) is 5.04. The molecule has 2 N–H and O–H groups in total. The number of halogens is 1. The van der Waals surface area contributed by atoms with Crippen molar-refractivity contribution in [2.45, 2.75) is 23.6 Å². The number of hydrogen-bond donors (Lipinski definition) is 2. The zero-order valence-electron chi connectivity index (χ0n) is 13.6. The molecule has 0 saturated heterocycles. The second-order valence-electron chi connectivity index (χ2n) is 4.96. The van der Waals surface area contributed by atoms with E-state index in [9.17, 15) is 16.8 Å². The van der Waals surface area contributed by atoms with Crippen LogP contribution in [0.25, 0.3) is 6.08 Å². The van der Waals surface area contributed by atoms with Gasteiger partial charge >= 0.3 is 0 Å². The van der Waals surface area contributed by atoms with Gasteiger partial charge in [0.25, 0.3) is 0 Å². The quantitative estimate of drug-likeness (QED) is 0.551. The van der Waals surface area contributed by atoms with Crippen LogP contribution >= 0.6 is 11.6 Å². The SMILES string of the molecule is C=CCNS(=O)(=O)c1cc(S(=O)(=O)NC)c(Cl)cc1C=C=C(C)C. The summed E-state index contributed by atoms with van der Waals surface area (Å²) in [6.07, 6.45) is 2.82. The van der Waals surface area contributed by atoms with Gasteiger partial charge in [-0.3, -0.25) is 0 Å². The second-order valence-corrected chi connectivity index (χ2v) is 8.95. The predicted octanol–water partition coefficient (Wildman–Crippen LogP) is 2.29. The van der Waals surface area contributed by atoms with E-state index in [1.54, 1.807) is 13.8 Å². The van der Waals surface area contributed by atoms with Crippen molar-refractivity contribution >= 4 is 37.7 Å². The van der Waals surface area contributed by atoms with Crippen LogP contribution in [-0.2, 0) is 20.0 Å². The molecule has 0 aliphatic heterocycles. The van der Waals surface area contributed by atoms with Crippen molar-refractivity contribution in [2.75, 3.05) is 13.6 Å². The van der Waals surface area contributed by atoms with Crippen LogP contribution in [0, 0.1) is 0 Å². The Morgan fingerprint density at radius 1 is 1.21 bits per heavy atom. The maximum absolute atomic E-state index is 12.5. The highest BCUT2D eigenvalue weighted by Crippen LogP contribution is 2.29. The van der Waals surface area contributed by atoms with Gasteiger partial charge in [0.1, 0.15) is 4.90 Å². The fraction of sp³-hybridized carbons (Fsp3) is 0.267. The molecule has 1 aromatic carbocycles. The van der Waals surface area contributed by atoms with Gasteiger partial charge in [-0.1, -0.05) is 17.7 Å². The van der Waals surface area contributed by atoms with Crippen molar-refractivity contribution in [3.63, 3.8) is 0 Å². The predicted molar refractivity (Wildman–Crippen MR) is 95.9 cm³/mol. The van der Waals surface area contributed by atoms with Crippen LogP contribution in [0.1, 0.15) is 19.4 Å². The molecule has 6 nitrogen and oxygen atoms in total. The fourth-order valence-electron chi connectivity index (χ4n) is 1.68. The number of sulfonamides is 2. The lowest BCUT2D eigenvalue weighted by Gasteiger charge is -2.12. The Balaban J connectivity index is 3.77. The van der Waals surface area contributed by atoms with E-state index in [1.807, 2.05) is 0 Å². The number of nitrogens with one attached hydrogen (secondary N) is 2. The summed E-state index contributed by atoms with van der Waals surface area (Å²) in [4.78, 5) is -0.531. The summed E-state index contributed by atoms with van der Waals surface area (Å²) in [5, 5.41) is -0.0890. The van der Waals surface area contributed by atoms with Crippen molar-refractivity contribution in [2.24, 2.45) is 0 Å². The van der Waals surface area contributed by atoms with E-state index in [4.69, 9.17) is 11.6 Å². The second kappa shape index (κ2) is 8.11. The van der Waals surface area contributed by atoms with Crippen molar-refractivity contribution in [1.82, 2.24) is 9.44 Å². The first-order chi connectivity index (χ1) is 11.0. The highest BCUT2D eigenvalue weighted by molar-refractivity contribution is 7.90. The van der Waals surface area contributed by atoms with Crippen molar-refractivity contribution in [3.05, 3.63) is 46.7 Å². The largest absolute Gasteiger partial charge is 0.241 e. The van der Waals surface area contributed by atoms with Crippen LogP contribution < -0.4 is 9.44 Å². The van der Waals surface area contributed by atoms with E-state index in [2.05, 4.69) is 21.8 Å². The summed E-state index contributed by atoms with van der Waals surface area (Å²) in [6.45, 7) is 7.04. The highest BCUT2D eigenvalue weighted by atomic mass is 35.5. The first kappa shape index (κ1) is 20.6. The van der Waals surface area contributed by atoms with Gasteiger partial charge in [0, 0.05) is 12.1 Å².